The fraction of sp³-hybridized carbons (Fsp3) is 0.273. The molecule has 0 saturated carbocycles. The molecule has 6 heteroatoms. The summed E-state index contributed by atoms with van der Waals surface area (Å²) in [6.07, 6.45) is 1.42. The van der Waals surface area contributed by atoms with Crippen molar-refractivity contribution in [3.63, 3.8) is 0 Å². The zero-order chi connectivity index (χ0) is 12.6. The van der Waals surface area contributed by atoms with Gasteiger partial charge in [0.25, 0.3) is 0 Å². The van der Waals surface area contributed by atoms with Crippen LogP contribution < -0.4 is 0 Å². The van der Waals surface area contributed by atoms with Crippen molar-refractivity contribution in [2.24, 2.45) is 0 Å². The number of aryl methyl sites for hydroxylation is 1. The third kappa shape index (κ3) is 2.15. The molecule has 0 aliphatic carbocycles. The van der Waals surface area contributed by atoms with Gasteiger partial charge in [-0.3, -0.25) is 0 Å². The summed E-state index contributed by atoms with van der Waals surface area (Å²) >= 11 is 5.81. The molecule has 1 unspecified atom stereocenters. The van der Waals surface area contributed by atoms with E-state index < -0.39 is 11.6 Å². The zero-order valence-electron chi connectivity index (χ0n) is 9.28. The Morgan fingerprint density at radius 2 is 2.06 bits per heavy atom. The molecular formula is C11H10ClF2N3. The average molecular weight is 258 g/mol. The first-order valence-corrected chi connectivity index (χ1v) is 5.45. The van der Waals surface area contributed by atoms with E-state index in [0.717, 1.165) is 4.68 Å². The van der Waals surface area contributed by atoms with Gasteiger partial charge in [0.05, 0.1) is 11.6 Å². The Hall–Kier alpha value is -1.49. The normalized spacial score (nSPS) is 12.8. The van der Waals surface area contributed by atoms with E-state index in [1.807, 2.05) is 0 Å². The highest BCUT2D eigenvalue weighted by Gasteiger charge is 2.16. The van der Waals surface area contributed by atoms with E-state index in [9.17, 15) is 8.78 Å². The molecule has 1 aromatic carbocycles. The summed E-state index contributed by atoms with van der Waals surface area (Å²) in [5, 5.41) is 7.06. The van der Waals surface area contributed by atoms with Crippen LogP contribution >= 0.6 is 11.6 Å². The van der Waals surface area contributed by atoms with Crippen LogP contribution in [0.5, 0.6) is 0 Å². The molecule has 3 nitrogen and oxygen atoms in total. The molecule has 2 rings (SSSR count). The molecule has 0 bridgehead atoms. The van der Waals surface area contributed by atoms with E-state index in [2.05, 4.69) is 10.3 Å². The lowest BCUT2D eigenvalue weighted by Crippen LogP contribution is -2.03. The number of rotatable bonds is 2. The van der Waals surface area contributed by atoms with E-state index >= 15 is 0 Å². The van der Waals surface area contributed by atoms with Crippen molar-refractivity contribution in [1.29, 1.82) is 0 Å². The summed E-state index contributed by atoms with van der Waals surface area (Å²) in [5.74, 6) is -1.34. The maximum absolute atomic E-state index is 13.8. The van der Waals surface area contributed by atoms with Gasteiger partial charge in [0.2, 0.25) is 0 Å². The molecule has 1 aromatic heterocycles. The Labute approximate surface area is 102 Å². The largest absolute Gasteiger partial charge is 0.214 e. The van der Waals surface area contributed by atoms with Crippen LogP contribution in [-0.2, 0) is 0 Å². The Kier molecular flexibility index (Phi) is 3.11. The lowest BCUT2D eigenvalue weighted by atomic mass is 10.2. The highest BCUT2D eigenvalue weighted by Crippen LogP contribution is 2.22. The summed E-state index contributed by atoms with van der Waals surface area (Å²) in [7, 11) is 0. The molecule has 0 amide bonds. The van der Waals surface area contributed by atoms with Gasteiger partial charge in [-0.1, -0.05) is 11.3 Å². The van der Waals surface area contributed by atoms with Crippen LogP contribution in [0.1, 0.15) is 23.6 Å². The minimum atomic E-state index is -0.688. The molecule has 1 atom stereocenters. The predicted molar refractivity (Wildman–Crippen MR) is 60.3 cm³/mol. The van der Waals surface area contributed by atoms with Crippen molar-refractivity contribution in [2.75, 3.05) is 0 Å². The Balaban J connectivity index is 2.56. The molecule has 90 valence electrons. The van der Waals surface area contributed by atoms with Crippen LogP contribution in [-0.4, -0.2) is 15.0 Å². The number of benzene rings is 1. The van der Waals surface area contributed by atoms with Crippen molar-refractivity contribution < 1.29 is 8.78 Å². The Morgan fingerprint density at radius 3 is 2.65 bits per heavy atom. The fourth-order valence-electron chi connectivity index (χ4n) is 1.42. The first kappa shape index (κ1) is 12.0. The van der Waals surface area contributed by atoms with Gasteiger partial charge in [0.1, 0.15) is 11.4 Å². The molecule has 2 aromatic rings. The summed E-state index contributed by atoms with van der Waals surface area (Å²) in [4.78, 5) is 0. The third-order valence-corrected chi connectivity index (χ3v) is 2.63. The van der Waals surface area contributed by atoms with Crippen LogP contribution in [0.25, 0.3) is 5.69 Å². The molecule has 0 fully saturated rings. The molecule has 0 spiro atoms. The molecular weight excluding hydrogens is 248 g/mol. The third-order valence-electron chi connectivity index (χ3n) is 2.41. The van der Waals surface area contributed by atoms with Crippen molar-refractivity contribution in [3.05, 3.63) is 41.2 Å². The van der Waals surface area contributed by atoms with Crippen molar-refractivity contribution in [2.45, 2.75) is 19.2 Å². The Morgan fingerprint density at radius 1 is 1.35 bits per heavy atom. The molecule has 0 aliphatic heterocycles. The highest BCUT2D eigenvalue weighted by molar-refractivity contribution is 6.20. The van der Waals surface area contributed by atoms with Gasteiger partial charge in [0, 0.05) is 0 Å². The second-order valence-corrected chi connectivity index (χ2v) is 4.39. The number of nitrogens with zero attached hydrogens (tertiary/aromatic N) is 3. The van der Waals surface area contributed by atoms with Crippen LogP contribution in [0.3, 0.4) is 0 Å². The first-order chi connectivity index (χ1) is 8.00. The minimum absolute atomic E-state index is 0.235. The van der Waals surface area contributed by atoms with Gasteiger partial charge < -0.3 is 0 Å². The molecule has 0 saturated heterocycles. The minimum Gasteiger partial charge on any atom is -0.214 e. The van der Waals surface area contributed by atoms with Crippen molar-refractivity contribution >= 4 is 11.6 Å². The standard InChI is InChI=1S/C11H10ClF2N3/c1-6-3-4-8(13)11(10(6)14)17-5-9(7(2)12)15-16-17/h3-5,7H,1-2H3. The number of hydrogen-bond donors (Lipinski definition) is 0. The monoisotopic (exact) mass is 257 g/mol. The molecule has 0 radical (unpaired) electrons. The number of hydrogen-bond acceptors (Lipinski definition) is 2. The zero-order valence-corrected chi connectivity index (χ0v) is 10.0. The van der Waals surface area contributed by atoms with E-state index in [4.69, 9.17) is 11.6 Å². The second-order valence-electron chi connectivity index (χ2n) is 3.73. The van der Waals surface area contributed by atoms with Crippen LogP contribution in [0, 0.1) is 18.6 Å². The number of halogens is 3. The van der Waals surface area contributed by atoms with E-state index in [1.165, 1.54) is 18.3 Å². The fourth-order valence-corrected chi connectivity index (χ4v) is 1.52. The summed E-state index contributed by atoms with van der Waals surface area (Å²) in [6.45, 7) is 3.26. The van der Waals surface area contributed by atoms with Crippen molar-refractivity contribution in [3.8, 4) is 5.69 Å². The maximum atomic E-state index is 13.8. The van der Waals surface area contributed by atoms with Gasteiger partial charge >= 0.3 is 0 Å². The summed E-state index contributed by atoms with van der Waals surface area (Å²) < 4.78 is 28.4. The van der Waals surface area contributed by atoms with Crippen LogP contribution in [0.2, 0.25) is 0 Å². The number of alkyl halides is 1. The van der Waals surface area contributed by atoms with Crippen LogP contribution in [0.4, 0.5) is 8.78 Å². The average Bonchev–Trinajstić information content (AvgIpc) is 2.73. The van der Waals surface area contributed by atoms with E-state index in [0.29, 0.717) is 11.3 Å². The lowest BCUT2D eigenvalue weighted by Gasteiger charge is -2.05. The maximum Gasteiger partial charge on any atom is 0.154 e. The van der Waals surface area contributed by atoms with Gasteiger partial charge in [-0.2, -0.15) is 0 Å². The van der Waals surface area contributed by atoms with Gasteiger partial charge in [-0.25, -0.2) is 13.5 Å². The van der Waals surface area contributed by atoms with E-state index in [1.54, 1.807) is 13.8 Å². The molecule has 0 aliphatic rings. The second kappa shape index (κ2) is 4.41. The molecule has 0 N–H and O–H groups in total. The number of aromatic nitrogens is 3. The quantitative estimate of drug-likeness (QED) is 0.774. The highest BCUT2D eigenvalue weighted by atomic mass is 35.5. The smallest absolute Gasteiger partial charge is 0.154 e. The SMILES string of the molecule is Cc1ccc(F)c(-n2cc(C(C)Cl)nn2)c1F. The first-order valence-electron chi connectivity index (χ1n) is 5.02. The lowest BCUT2D eigenvalue weighted by molar-refractivity contribution is 0.551. The van der Waals surface area contributed by atoms with Crippen LogP contribution in [0.15, 0.2) is 18.3 Å². The van der Waals surface area contributed by atoms with Crippen molar-refractivity contribution in [1.82, 2.24) is 15.0 Å². The van der Waals surface area contributed by atoms with Gasteiger partial charge in [0.15, 0.2) is 11.6 Å². The van der Waals surface area contributed by atoms with Gasteiger partial charge in [-0.05, 0) is 25.5 Å². The molecule has 17 heavy (non-hydrogen) atoms. The summed E-state index contributed by atoms with van der Waals surface area (Å²) in [5.41, 5.74) is 0.574. The Bertz CT molecular complexity index is 552. The summed E-state index contributed by atoms with van der Waals surface area (Å²) in [6, 6.07) is 2.56. The molecule has 1 heterocycles. The van der Waals surface area contributed by atoms with Gasteiger partial charge in [-0.15, -0.1) is 16.7 Å². The topological polar surface area (TPSA) is 30.7 Å². The van der Waals surface area contributed by atoms with E-state index in [-0.39, 0.29) is 11.1 Å². The predicted octanol–water partition coefficient (Wildman–Crippen LogP) is 3.15.